The van der Waals surface area contributed by atoms with Crippen molar-refractivity contribution in [3.8, 4) is 5.75 Å². The Balaban J connectivity index is 2.43. The third-order valence-corrected chi connectivity index (χ3v) is 1.53. The van der Waals surface area contributed by atoms with Crippen molar-refractivity contribution in [3.05, 3.63) is 17.8 Å². The third-order valence-electron chi connectivity index (χ3n) is 1.53. The molecule has 62 valence electrons. The number of rotatable bonds is 0. The predicted molar refractivity (Wildman–Crippen MR) is 39.7 cm³/mol. The van der Waals surface area contributed by atoms with Crippen molar-refractivity contribution in [2.75, 3.05) is 5.32 Å². The maximum Gasteiger partial charge on any atom is 0.413 e. The number of hydrogen-bond donors (Lipinski definition) is 2. The summed E-state index contributed by atoms with van der Waals surface area (Å²) in [5, 5.41) is 11.4. The van der Waals surface area contributed by atoms with Gasteiger partial charge in [-0.25, -0.2) is 9.78 Å². The van der Waals surface area contributed by atoms with E-state index >= 15 is 0 Å². The standard InChI is InChI=1S/C7H6N2O3/c10-5-1-4-3-12-7(11)9-6(4)8-2-5/h1-2,10H,3H2,(H,8,9,11). The molecule has 0 bridgehead atoms. The summed E-state index contributed by atoms with van der Waals surface area (Å²) in [6.07, 6.45) is 0.755. The van der Waals surface area contributed by atoms with E-state index in [1.807, 2.05) is 0 Å². The monoisotopic (exact) mass is 166 g/mol. The van der Waals surface area contributed by atoms with Crippen LogP contribution >= 0.6 is 0 Å². The number of cyclic esters (lactones) is 1. The molecule has 0 radical (unpaired) electrons. The molecule has 5 nitrogen and oxygen atoms in total. The van der Waals surface area contributed by atoms with E-state index in [1.165, 1.54) is 12.3 Å². The van der Waals surface area contributed by atoms with E-state index in [2.05, 4.69) is 15.0 Å². The van der Waals surface area contributed by atoms with Crippen LogP contribution in [0.25, 0.3) is 0 Å². The summed E-state index contributed by atoms with van der Waals surface area (Å²) >= 11 is 0. The van der Waals surface area contributed by atoms with E-state index in [1.54, 1.807) is 0 Å². The molecule has 0 fully saturated rings. The Morgan fingerprint density at radius 2 is 2.50 bits per heavy atom. The minimum Gasteiger partial charge on any atom is -0.506 e. The van der Waals surface area contributed by atoms with E-state index in [0.29, 0.717) is 11.4 Å². The Morgan fingerprint density at radius 1 is 1.67 bits per heavy atom. The first-order valence-corrected chi connectivity index (χ1v) is 3.37. The van der Waals surface area contributed by atoms with E-state index in [0.717, 1.165) is 0 Å². The second kappa shape index (κ2) is 2.37. The molecule has 1 aliphatic heterocycles. The first-order chi connectivity index (χ1) is 5.75. The summed E-state index contributed by atoms with van der Waals surface area (Å²) in [5.41, 5.74) is 0.676. The van der Waals surface area contributed by atoms with Gasteiger partial charge in [0.05, 0.1) is 6.20 Å². The van der Waals surface area contributed by atoms with E-state index < -0.39 is 6.09 Å². The fourth-order valence-electron chi connectivity index (χ4n) is 0.996. The zero-order chi connectivity index (χ0) is 8.55. The Hall–Kier alpha value is -1.78. The summed E-state index contributed by atoms with van der Waals surface area (Å²) in [7, 11) is 0. The average molecular weight is 166 g/mol. The van der Waals surface area contributed by atoms with Crippen LogP contribution < -0.4 is 5.32 Å². The van der Waals surface area contributed by atoms with Crippen LogP contribution in [0, 0.1) is 0 Å². The number of carbonyl (C=O) groups excluding carboxylic acids is 1. The summed E-state index contributed by atoms with van der Waals surface area (Å²) in [6, 6.07) is 1.50. The molecular formula is C7H6N2O3. The van der Waals surface area contributed by atoms with Crippen molar-refractivity contribution in [2.24, 2.45) is 0 Å². The van der Waals surface area contributed by atoms with Gasteiger partial charge in [-0.2, -0.15) is 0 Å². The lowest BCUT2D eigenvalue weighted by atomic mass is 10.2. The van der Waals surface area contributed by atoms with Crippen molar-refractivity contribution in [2.45, 2.75) is 6.61 Å². The zero-order valence-electron chi connectivity index (χ0n) is 6.07. The van der Waals surface area contributed by atoms with Gasteiger partial charge in [-0.1, -0.05) is 0 Å². The van der Waals surface area contributed by atoms with Gasteiger partial charge in [-0.15, -0.1) is 0 Å². The third kappa shape index (κ3) is 1.05. The molecule has 0 saturated carbocycles. The van der Waals surface area contributed by atoms with Gasteiger partial charge in [0.2, 0.25) is 0 Å². The van der Waals surface area contributed by atoms with E-state index in [4.69, 9.17) is 5.11 Å². The number of fused-ring (bicyclic) bond motifs is 1. The quantitative estimate of drug-likeness (QED) is 0.599. The number of pyridine rings is 1. The van der Waals surface area contributed by atoms with E-state index in [9.17, 15) is 4.79 Å². The van der Waals surface area contributed by atoms with Crippen LogP contribution in [0.1, 0.15) is 5.56 Å². The summed E-state index contributed by atoms with van der Waals surface area (Å²) in [4.78, 5) is 14.5. The number of amides is 1. The lowest BCUT2D eigenvalue weighted by Gasteiger charge is -2.15. The molecule has 1 aromatic rings. The number of ether oxygens (including phenoxy) is 1. The van der Waals surface area contributed by atoms with Gasteiger partial charge >= 0.3 is 6.09 Å². The highest BCUT2D eigenvalue weighted by Gasteiger charge is 2.16. The molecule has 2 heterocycles. The number of carbonyl (C=O) groups is 1. The molecule has 1 aliphatic rings. The summed E-state index contributed by atoms with van der Waals surface area (Å²) in [6.45, 7) is 0.155. The van der Waals surface area contributed by atoms with Crippen LogP contribution in [-0.4, -0.2) is 16.2 Å². The molecule has 2 rings (SSSR count). The van der Waals surface area contributed by atoms with Gasteiger partial charge in [0.15, 0.2) is 0 Å². The molecular weight excluding hydrogens is 160 g/mol. The van der Waals surface area contributed by atoms with Crippen molar-refractivity contribution in [1.82, 2.24) is 4.98 Å². The van der Waals surface area contributed by atoms with Crippen molar-refractivity contribution in [3.63, 3.8) is 0 Å². The maximum atomic E-state index is 10.7. The first-order valence-electron chi connectivity index (χ1n) is 3.37. The number of aromatic hydroxyl groups is 1. The Bertz CT molecular complexity index is 337. The fraction of sp³-hybridized carbons (Fsp3) is 0.143. The minimum absolute atomic E-state index is 0.0634. The highest BCUT2D eigenvalue weighted by Crippen LogP contribution is 2.21. The number of aromatic nitrogens is 1. The van der Waals surface area contributed by atoms with Gasteiger partial charge in [0, 0.05) is 5.56 Å². The largest absolute Gasteiger partial charge is 0.506 e. The highest BCUT2D eigenvalue weighted by molar-refractivity contribution is 5.86. The average Bonchev–Trinajstić information content (AvgIpc) is 2.05. The Kier molecular flexibility index (Phi) is 1.36. The topological polar surface area (TPSA) is 71.5 Å². The van der Waals surface area contributed by atoms with Gasteiger partial charge in [0.1, 0.15) is 18.2 Å². The van der Waals surface area contributed by atoms with Gasteiger partial charge in [-0.05, 0) is 6.07 Å². The second-order valence-electron chi connectivity index (χ2n) is 2.40. The maximum absolute atomic E-state index is 10.7. The van der Waals surface area contributed by atoms with Crippen LogP contribution in [0.3, 0.4) is 0 Å². The van der Waals surface area contributed by atoms with Crippen LogP contribution in [-0.2, 0) is 11.3 Å². The smallest absolute Gasteiger partial charge is 0.413 e. The van der Waals surface area contributed by atoms with Crippen LogP contribution in [0.4, 0.5) is 10.6 Å². The van der Waals surface area contributed by atoms with Gasteiger partial charge < -0.3 is 9.84 Å². The van der Waals surface area contributed by atoms with Gasteiger partial charge in [-0.3, -0.25) is 5.32 Å². The Morgan fingerprint density at radius 3 is 3.33 bits per heavy atom. The van der Waals surface area contributed by atoms with Crippen molar-refractivity contribution < 1.29 is 14.6 Å². The highest BCUT2D eigenvalue weighted by atomic mass is 16.5. The number of hydrogen-bond acceptors (Lipinski definition) is 4. The molecule has 0 aliphatic carbocycles. The normalized spacial score (nSPS) is 14.5. The van der Waals surface area contributed by atoms with Crippen LogP contribution in [0.2, 0.25) is 0 Å². The molecule has 2 N–H and O–H groups in total. The molecule has 0 unspecified atom stereocenters. The lowest BCUT2D eigenvalue weighted by molar-refractivity contribution is 0.151. The molecule has 5 heteroatoms. The van der Waals surface area contributed by atoms with Crippen molar-refractivity contribution in [1.29, 1.82) is 0 Å². The molecule has 12 heavy (non-hydrogen) atoms. The zero-order valence-corrected chi connectivity index (χ0v) is 6.07. The molecule has 0 saturated heterocycles. The summed E-state index contributed by atoms with van der Waals surface area (Å²) < 4.78 is 4.66. The number of nitrogens with zero attached hydrogens (tertiary/aromatic N) is 1. The number of nitrogens with one attached hydrogen (secondary N) is 1. The van der Waals surface area contributed by atoms with Crippen LogP contribution in [0.5, 0.6) is 5.75 Å². The second-order valence-corrected chi connectivity index (χ2v) is 2.40. The lowest BCUT2D eigenvalue weighted by Crippen LogP contribution is -2.21. The molecule has 0 spiro atoms. The Labute approximate surface area is 68.0 Å². The van der Waals surface area contributed by atoms with E-state index in [-0.39, 0.29) is 12.4 Å². The SMILES string of the molecule is O=C1Nc2ncc(O)cc2CO1. The molecule has 1 aromatic heterocycles. The minimum atomic E-state index is -0.513. The fourth-order valence-corrected chi connectivity index (χ4v) is 0.996. The van der Waals surface area contributed by atoms with Crippen molar-refractivity contribution >= 4 is 11.9 Å². The molecule has 0 atom stereocenters. The molecule has 0 aromatic carbocycles. The molecule has 1 amide bonds. The predicted octanol–water partition coefficient (Wildman–Crippen LogP) is 0.849. The van der Waals surface area contributed by atoms with Gasteiger partial charge in [0.25, 0.3) is 0 Å². The number of anilines is 1. The summed E-state index contributed by atoms with van der Waals surface area (Å²) in [5.74, 6) is 0.512. The van der Waals surface area contributed by atoms with Crippen LogP contribution in [0.15, 0.2) is 12.3 Å². The first kappa shape index (κ1) is 6.90.